The molecule has 0 saturated heterocycles. The molecule has 0 amide bonds. The van der Waals surface area contributed by atoms with E-state index < -0.39 is 5.60 Å². The van der Waals surface area contributed by atoms with E-state index in [4.69, 9.17) is 0 Å². The topological polar surface area (TPSA) is 20.2 Å². The highest BCUT2D eigenvalue weighted by Gasteiger charge is 2.26. The van der Waals surface area contributed by atoms with E-state index in [9.17, 15) is 9.50 Å². The van der Waals surface area contributed by atoms with Crippen LogP contribution in [0.15, 0.2) is 42.5 Å². The van der Waals surface area contributed by atoms with Crippen LogP contribution in [0.5, 0.6) is 0 Å². The summed E-state index contributed by atoms with van der Waals surface area (Å²) < 4.78 is 13.3. The Bertz CT molecular complexity index is 553. The van der Waals surface area contributed by atoms with Gasteiger partial charge in [0.1, 0.15) is 11.4 Å². The molecule has 18 heavy (non-hydrogen) atoms. The highest BCUT2D eigenvalue weighted by atomic mass is 19.1. The van der Waals surface area contributed by atoms with Crippen molar-refractivity contribution >= 4 is 0 Å². The predicted octanol–water partition coefficient (Wildman–Crippen LogP) is 3.70. The fourth-order valence-electron chi connectivity index (χ4n) is 2.21. The third-order valence-electron chi connectivity index (χ3n) is 3.17. The molecule has 0 fully saturated rings. The van der Waals surface area contributed by atoms with Gasteiger partial charge in [-0.1, -0.05) is 41.5 Å². The number of halogens is 1. The first-order chi connectivity index (χ1) is 8.39. The lowest BCUT2D eigenvalue weighted by atomic mass is 9.86. The quantitative estimate of drug-likeness (QED) is 0.854. The van der Waals surface area contributed by atoms with Gasteiger partial charge in [-0.3, -0.25) is 0 Å². The van der Waals surface area contributed by atoms with Crippen molar-refractivity contribution in [1.82, 2.24) is 0 Å². The third-order valence-corrected chi connectivity index (χ3v) is 3.17. The normalized spacial score (nSPS) is 14.3. The van der Waals surface area contributed by atoms with Crippen molar-refractivity contribution < 1.29 is 9.50 Å². The Balaban J connectivity index is 2.53. The van der Waals surface area contributed by atoms with Gasteiger partial charge in [-0.15, -0.1) is 0 Å². The summed E-state index contributed by atoms with van der Waals surface area (Å²) in [6.07, 6.45) is 0. The third kappa shape index (κ3) is 2.44. The predicted molar refractivity (Wildman–Crippen MR) is 71.0 cm³/mol. The molecule has 2 rings (SSSR count). The van der Waals surface area contributed by atoms with E-state index >= 15 is 0 Å². The van der Waals surface area contributed by atoms with E-state index in [0.717, 1.165) is 16.7 Å². The number of aliphatic hydroxyl groups is 1. The second-order valence-electron chi connectivity index (χ2n) is 4.96. The lowest BCUT2D eigenvalue weighted by molar-refractivity contribution is 0.102. The van der Waals surface area contributed by atoms with Gasteiger partial charge in [-0.05, 0) is 44.0 Å². The summed E-state index contributed by atoms with van der Waals surface area (Å²) in [4.78, 5) is 0. The first-order valence-corrected chi connectivity index (χ1v) is 5.97. The molecule has 2 heteroatoms. The molecule has 1 N–H and O–H groups in total. The highest BCUT2D eigenvalue weighted by Crippen LogP contribution is 2.30. The molecular formula is C16H17FO. The number of hydrogen-bond acceptors (Lipinski definition) is 1. The van der Waals surface area contributed by atoms with Gasteiger partial charge < -0.3 is 5.11 Å². The molecule has 94 valence electrons. The number of benzene rings is 2. The van der Waals surface area contributed by atoms with E-state index in [2.05, 4.69) is 0 Å². The maximum atomic E-state index is 13.3. The summed E-state index contributed by atoms with van der Waals surface area (Å²) in [5.41, 5.74) is 2.33. The van der Waals surface area contributed by atoms with Gasteiger partial charge in [0.2, 0.25) is 0 Å². The molecule has 0 spiro atoms. The molecule has 0 aliphatic heterocycles. The van der Waals surface area contributed by atoms with Crippen LogP contribution in [-0.4, -0.2) is 5.11 Å². The minimum Gasteiger partial charge on any atom is -0.381 e. The lowest BCUT2D eigenvalue weighted by Crippen LogP contribution is -2.23. The summed E-state index contributed by atoms with van der Waals surface area (Å²) in [5, 5.41) is 10.7. The Labute approximate surface area is 107 Å². The summed E-state index contributed by atoms with van der Waals surface area (Å²) in [6, 6.07) is 12.0. The Morgan fingerprint density at radius 3 is 2.11 bits per heavy atom. The molecule has 2 aromatic carbocycles. The van der Waals surface area contributed by atoms with Crippen molar-refractivity contribution in [3.8, 4) is 0 Å². The SMILES string of the molecule is Cc1cc(C)cc(C(C)(O)c2cccc(F)c2)c1. The molecule has 0 bridgehead atoms. The van der Waals surface area contributed by atoms with Crippen LogP contribution in [0, 0.1) is 19.7 Å². The lowest BCUT2D eigenvalue weighted by Gasteiger charge is -2.25. The molecule has 0 heterocycles. The van der Waals surface area contributed by atoms with Crippen LogP contribution in [0.3, 0.4) is 0 Å². The number of aryl methyl sites for hydroxylation is 2. The Kier molecular flexibility index (Phi) is 3.22. The van der Waals surface area contributed by atoms with Crippen LogP contribution in [0.2, 0.25) is 0 Å². The van der Waals surface area contributed by atoms with Crippen molar-refractivity contribution in [3.63, 3.8) is 0 Å². The molecule has 0 aliphatic carbocycles. The largest absolute Gasteiger partial charge is 0.381 e. The summed E-state index contributed by atoms with van der Waals surface area (Å²) >= 11 is 0. The summed E-state index contributed by atoms with van der Waals surface area (Å²) in [7, 11) is 0. The van der Waals surface area contributed by atoms with E-state index in [-0.39, 0.29) is 5.82 Å². The molecule has 1 unspecified atom stereocenters. The average molecular weight is 244 g/mol. The molecule has 0 aliphatic rings. The zero-order valence-electron chi connectivity index (χ0n) is 10.9. The van der Waals surface area contributed by atoms with Gasteiger partial charge in [-0.25, -0.2) is 4.39 Å². The summed E-state index contributed by atoms with van der Waals surface area (Å²) in [6.45, 7) is 5.66. The number of rotatable bonds is 2. The molecule has 0 saturated carbocycles. The average Bonchev–Trinajstić information content (AvgIpc) is 2.27. The molecule has 0 aromatic heterocycles. The minimum absolute atomic E-state index is 0.336. The van der Waals surface area contributed by atoms with Crippen LogP contribution < -0.4 is 0 Å². The molecular weight excluding hydrogens is 227 g/mol. The van der Waals surface area contributed by atoms with Crippen molar-refractivity contribution in [2.24, 2.45) is 0 Å². The fraction of sp³-hybridized carbons (Fsp3) is 0.250. The number of hydrogen-bond donors (Lipinski definition) is 1. The van der Waals surface area contributed by atoms with Crippen LogP contribution in [0.1, 0.15) is 29.2 Å². The van der Waals surface area contributed by atoms with Crippen molar-refractivity contribution in [2.75, 3.05) is 0 Å². The maximum Gasteiger partial charge on any atom is 0.123 e. The van der Waals surface area contributed by atoms with Gasteiger partial charge in [-0.2, -0.15) is 0 Å². The van der Waals surface area contributed by atoms with Crippen molar-refractivity contribution in [3.05, 3.63) is 70.5 Å². The molecule has 1 atom stereocenters. The van der Waals surface area contributed by atoms with Gasteiger partial charge >= 0.3 is 0 Å². The van der Waals surface area contributed by atoms with E-state index in [0.29, 0.717) is 5.56 Å². The smallest absolute Gasteiger partial charge is 0.123 e. The standard InChI is InChI=1S/C16H17FO/c1-11-7-12(2)9-14(8-11)16(3,18)13-5-4-6-15(17)10-13/h4-10,18H,1-3H3. The molecule has 1 nitrogen and oxygen atoms in total. The Morgan fingerprint density at radius 2 is 1.56 bits per heavy atom. The first kappa shape index (κ1) is 12.8. The van der Waals surface area contributed by atoms with Gasteiger partial charge in [0.15, 0.2) is 0 Å². The molecule has 0 radical (unpaired) electrons. The minimum atomic E-state index is -1.18. The van der Waals surface area contributed by atoms with Crippen LogP contribution in [0.25, 0.3) is 0 Å². The Morgan fingerprint density at radius 1 is 0.944 bits per heavy atom. The highest BCUT2D eigenvalue weighted by molar-refractivity contribution is 5.39. The van der Waals surface area contributed by atoms with Crippen LogP contribution in [-0.2, 0) is 5.60 Å². The van der Waals surface area contributed by atoms with Gasteiger partial charge in [0.25, 0.3) is 0 Å². The van der Waals surface area contributed by atoms with E-state index in [1.54, 1.807) is 19.1 Å². The first-order valence-electron chi connectivity index (χ1n) is 5.97. The van der Waals surface area contributed by atoms with Crippen molar-refractivity contribution in [2.45, 2.75) is 26.4 Å². The van der Waals surface area contributed by atoms with E-state index in [1.165, 1.54) is 12.1 Å². The second kappa shape index (κ2) is 4.54. The fourth-order valence-corrected chi connectivity index (χ4v) is 2.21. The van der Waals surface area contributed by atoms with Crippen LogP contribution in [0.4, 0.5) is 4.39 Å². The zero-order valence-corrected chi connectivity index (χ0v) is 10.9. The van der Waals surface area contributed by atoms with Gasteiger partial charge in [0, 0.05) is 0 Å². The van der Waals surface area contributed by atoms with Gasteiger partial charge in [0.05, 0.1) is 0 Å². The second-order valence-corrected chi connectivity index (χ2v) is 4.96. The monoisotopic (exact) mass is 244 g/mol. The van der Waals surface area contributed by atoms with E-state index in [1.807, 2.05) is 32.0 Å². The van der Waals surface area contributed by atoms with Crippen molar-refractivity contribution in [1.29, 1.82) is 0 Å². The Hall–Kier alpha value is -1.67. The maximum absolute atomic E-state index is 13.3. The zero-order chi connectivity index (χ0) is 13.3. The summed E-state index contributed by atoms with van der Waals surface area (Å²) in [5.74, 6) is -0.336. The molecule has 2 aromatic rings. The van der Waals surface area contributed by atoms with Crippen LogP contribution >= 0.6 is 0 Å².